The molecule has 2 heteroatoms. The molecule has 3 aromatic carbocycles. The molecular weight excluding hydrogens is 356 g/mol. The third-order valence-electron chi connectivity index (χ3n) is 4.97. The van der Waals surface area contributed by atoms with E-state index < -0.39 is 5.60 Å². The highest BCUT2D eigenvalue weighted by Crippen LogP contribution is 2.34. The van der Waals surface area contributed by atoms with Crippen LogP contribution in [0.4, 0.5) is 0 Å². The summed E-state index contributed by atoms with van der Waals surface area (Å²) in [5.74, 6) is 0.822. The van der Waals surface area contributed by atoms with E-state index >= 15 is 0 Å². The first-order valence-corrected chi connectivity index (χ1v) is 10.3. The Morgan fingerprint density at radius 2 is 1.28 bits per heavy atom. The van der Waals surface area contributed by atoms with E-state index in [4.69, 9.17) is 4.74 Å². The van der Waals surface area contributed by atoms with Crippen molar-refractivity contribution < 1.29 is 9.84 Å². The van der Waals surface area contributed by atoms with Gasteiger partial charge in [-0.1, -0.05) is 79.7 Å². The van der Waals surface area contributed by atoms with Gasteiger partial charge in [0, 0.05) is 6.42 Å². The quantitative estimate of drug-likeness (QED) is 0.442. The van der Waals surface area contributed by atoms with E-state index in [9.17, 15) is 5.11 Å². The van der Waals surface area contributed by atoms with Crippen LogP contribution in [0.5, 0.6) is 5.75 Å². The SMILES string of the molecule is CC/C(=C(\c1ccccc1)c1ccc(OCCC(C)(C)O)cc1)c1ccccc1. The summed E-state index contributed by atoms with van der Waals surface area (Å²) in [5, 5.41) is 9.85. The van der Waals surface area contributed by atoms with Crippen LogP contribution >= 0.6 is 0 Å². The highest BCUT2D eigenvalue weighted by Gasteiger charge is 2.14. The molecule has 0 aliphatic carbocycles. The fourth-order valence-corrected chi connectivity index (χ4v) is 3.42. The van der Waals surface area contributed by atoms with E-state index in [-0.39, 0.29) is 0 Å². The van der Waals surface area contributed by atoms with Crippen molar-refractivity contribution in [2.75, 3.05) is 6.61 Å². The van der Waals surface area contributed by atoms with Gasteiger partial charge in [-0.15, -0.1) is 0 Å². The Hall–Kier alpha value is -2.84. The molecule has 2 nitrogen and oxygen atoms in total. The van der Waals surface area contributed by atoms with Crippen LogP contribution in [-0.2, 0) is 0 Å². The van der Waals surface area contributed by atoms with Gasteiger partial charge in [0.05, 0.1) is 12.2 Å². The smallest absolute Gasteiger partial charge is 0.119 e. The Morgan fingerprint density at radius 1 is 0.759 bits per heavy atom. The second-order valence-electron chi connectivity index (χ2n) is 7.87. The van der Waals surface area contributed by atoms with Crippen molar-refractivity contribution in [2.45, 2.75) is 39.2 Å². The van der Waals surface area contributed by atoms with Gasteiger partial charge in [-0.3, -0.25) is 0 Å². The zero-order valence-electron chi connectivity index (χ0n) is 17.6. The molecule has 0 spiro atoms. The molecule has 0 atom stereocenters. The highest BCUT2D eigenvalue weighted by molar-refractivity contribution is 5.98. The number of allylic oxidation sites excluding steroid dienone is 1. The zero-order chi connectivity index (χ0) is 20.7. The molecule has 0 fully saturated rings. The predicted molar refractivity (Wildman–Crippen MR) is 122 cm³/mol. The van der Waals surface area contributed by atoms with Gasteiger partial charge in [0.25, 0.3) is 0 Å². The fourth-order valence-electron chi connectivity index (χ4n) is 3.42. The molecule has 0 saturated heterocycles. The molecule has 0 aromatic heterocycles. The lowest BCUT2D eigenvalue weighted by atomic mass is 9.88. The minimum absolute atomic E-state index is 0.494. The predicted octanol–water partition coefficient (Wildman–Crippen LogP) is 6.60. The van der Waals surface area contributed by atoms with E-state index in [0.29, 0.717) is 13.0 Å². The monoisotopic (exact) mass is 386 g/mol. The molecule has 0 amide bonds. The number of benzene rings is 3. The largest absolute Gasteiger partial charge is 0.493 e. The normalized spacial score (nSPS) is 12.4. The number of aliphatic hydroxyl groups is 1. The number of hydrogen-bond acceptors (Lipinski definition) is 2. The summed E-state index contributed by atoms with van der Waals surface area (Å²) >= 11 is 0. The maximum Gasteiger partial charge on any atom is 0.119 e. The second kappa shape index (κ2) is 9.58. The maximum absolute atomic E-state index is 9.85. The van der Waals surface area contributed by atoms with E-state index in [2.05, 4.69) is 79.7 Å². The van der Waals surface area contributed by atoms with Crippen molar-refractivity contribution in [3.63, 3.8) is 0 Å². The molecule has 1 N–H and O–H groups in total. The van der Waals surface area contributed by atoms with Gasteiger partial charge in [0.1, 0.15) is 5.75 Å². The summed E-state index contributed by atoms with van der Waals surface area (Å²) in [6.45, 7) is 6.30. The first-order chi connectivity index (χ1) is 14.0. The summed E-state index contributed by atoms with van der Waals surface area (Å²) < 4.78 is 5.82. The molecule has 0 saturated carbocycles. The van der Waals surface area contributed by atoms with E-state index in [1.165, 1.54) is 27.8 Å². The number of hydrogen-bond donors (Lipinski definition) is 1. The molecule has 0 bridgehead atoms. The van der Waals surface area contributed by atoms with Gasteiger partial charge in [0.2, 0.25) is 0 Å². The van der Waals surface area contributed by atoms with Gasteiger partial charge < -0.3 is 9.84 Å². The average molecular weight is 387 g/mol. The minimum atomic E-state index is -0.713. The molecule has 3 rings (SSSR count). The topological polar surface area (TPSA) is 29.5 Å². The molecule has 0 aliphatic heterocycles. The van der Waals surface area contributed by atoms with Crippen LogP contribution < -0.4 is 4.74 Å². The lowest BCUT2D eigenvalue weighted by Gasteiger charge is -2.18. The summed E-state index contributed by atoms with van der Waals surface area (Å²) in [4.78, 5) is 0. The molecule has 3 aromatic rings. The first kappa shape index (κ1) is 20.9. The van der Waals surface area contributed by atoms with Crippen LogP contribution in [0.25, 0.3) is 11.1 Å². The summed E-state index contributed by atoms with van der Waals surface area (Å²) in [6.07, 6.45) is 1.54. The van der Waals surface area contributed by atoms with Crippen molar-refractivity contribution in [2.24, 2.45) is 0 Å². The van der Waals surface area contributed by atoms with Gasteiger partial charge >= 0.3 is 0 Å². The van der Waals surface area contributed by atoms with Gasteiger partial charge in [-0.05, 0) is 60.2 Å². The average Bonchev–Trinajstić information content (AvgIpc) is 2.73. The van der Waals surface area contributed by atoms with Crippen molar-refractivity contribution in [3.05, 3.63) is 102 Å². The number of rotatable bonds is 8. The molecule has 0 heterocycles. The Balaban J connectivity index is 1.96. The Morgan fingerprint density at radius 3 is 1.79 bits per heavy atom. The van der Waals surface area contributed by atoms with Crippen LogP contribution in [0, 0.1) is 0 Å². The molecular formula is C27H30O2. The first-order valence-electron chi connectivity index (χ1n) is 10.3. The van der Waals surface area contributed by atoms with Crippen molar-refractivity contribution in [1.29, 1.82) is 0 Å². The van der Waals surface area contributed by atoms with Gasteiger partial charge in [0.15, 0.2) is 0 Å². The van der Waals surface area contributed by atoms with Crippen molar-refractivity contribution >= 4 is 11.1 Å². The maximum atomic E-state index is 9.85. The van der Waals surface area contributed by atoms with Crippen LogP contribution in [0.2, 0.25) is 0 Å². The number of ether oxygens (including phenoxy) is 1. The van der Waals surface area contributed by atoms with E-state index in [1.807, 2.05) is 12.1 Å². The lowest BCUT2D eigenvalue weighted by molar-refractivity contribution is 0.0553. The van der Waals surface area contributed by atoms with E-state index in [0.717, 1.165) is 12.2 Å². The standard InChI is InChI=1S/C27H30O2/c1-4-25(21-11-7-5-8-12-21)26(22-13-9-6-10-14-22)23-15-17-24(18-16-23)29-20-19-27(2,3)28/h5-18,28H,4,19-20H2,1-3H3/b26-25-. The van der Waals surface area contributed by atoms with Crippen LogP contribution in [0.1, 0.15) is 50.3 Å². The van der Waals surface area contributed by atoms with Gasteiger partial charge in [-0.25, -0.2) is 0 Å². The van der Waals surface area contributed by atoms with Crippen LogP contribution in [0.3, 0.4) is 0 Å². The zero-order valence-corrected chi connectivity index (χ0v) is 17.6. The molecule has 0 unspecified atom stereocenters. The highest BCUT2D eigenvalue weighted by atomic mass is 16.5. The summed E-state index contributed by atoms with van der Waals surface area (Å²) in [6, 6.07) is 29.4. The fraction of sp³-hybridized carbons (Fsp3) is 0.259. The van der Waals surface area contributed by atoms with E-state index in [1.54, 1.807) is 13.8 Å². The van der Waals surface area contributed by atoms with Gasteiger partial charge in [-0.2, -0.15) is 0 Å². The Bertz CT molecular complexity index is 918. The second-order valence-corrected chi connectivity index (χ2v) is 7.87. The molecule has 29 heavy (non-hydrogen) atoms. The van der Waals surface area contributed by atoms with Crippen LogP contribution in [-0.4, -0.2) is 17.3 Å². The third-order valence-corrected chi connectivity index (χ3v) is 4.97. The molecule has 150 valence electrons. The molecule has 0 aliphatic rings. The van der Waals surface area contributed by atoms with Crippen molar-refractivity contribution in [1.82, 2.24) is 0 Å². The molecule has 0 radical (unpaired) electrons. The minimum Gasteiger partial charge on any atom is -0.493 e. The summed E-state index contributed by atoms with van der Waals surface area (Å²) in [5.41, 5.74) is 5.50. The summed E-state index contributed by atoms with van der Waals surface area (Å²) in [7, 11) is 0. The lowest BCUT2D eigenvalue weighted by Crippen LogP contribution is -2.21. The third kappa shape index (κ3) is 5.82. The Kier molecular flexibility index (Phi) is 6.90. The Labute approximate surface area is 174 Å². The van der Waals surface area contributed by atoms with Crippen molar-refractivity contribution in [3.8, 4) is 5.75 Å². The van der Waals surface area contributed by atoms with Crippen LogP contribution in [0.15, 0.2) is 84.9 Å².